The van der Waals surface area contributed by atoms with Crippen LogP contribution >= 0.6 is 11.8 Å². The van der Waals surface area contributed by atoms with Gasteiger partial charge in [0.05, 0.1) is 19.1 Å². The molecule has 7 heteroatoms. The number of nitrogens with one attached hydrogen (secondary N) is 1. The zero-order valence-electron chi connectivity index (χ0n) is 14.1. The summed E-state index contributed by atoms with van der Waals surface area (Å²) in [7, 11) is -0.520. The van der Waals surface area contributed by atoms with Crippen LogP contribution in [0.25, 0.3) is 0 Å². The number of benzene rings is 2. The largest absolute Gasteiger partial charge is 0.497 e. The number of hydrogen-bond acceptors (Lipinski definition) is 5. The van der Waals surface area contributed by atoms with E-state index in [1.54, 1.807) is 75.4 Å². The Hall–Kier alpha value is -1.70. The molecule has 1 atom stereocenters. The molecular formula is C17H21NO4S2. The molecule has 0 radical (unpaired) electrons. The minimum absolute atomic E-state index is 0.231. The van der Waals surface area contributed by atoms with Gasteiger partial charge >= 0.3 is 0 Å². The molecule has 0 heterocycles. The predicted octanol–water partition coefficient (Wildman–Crippen LogP) is 3.47. The first-order valence-corrected chi connectivity index (χ1v) is 10.0. The zero-order valence-corrected chi connectivity index (χ0v) is 15.7. The average Bonchev–Trinajstić information content (AvgIpc) is 2.60. The van der Waals surface area contributed by atoms with E-state index in [-0.39, 0.29) is 4.90 Å². The quantitative estimate of drug-likeness (QED) is 0.759. The molecule has 0 aromatic heterocycles. The van der Waals surface area contributed by atoms with Crippen LogP contribution in [0.3, 0.4) is 0 Å². The van der Waals surface area contributed by atoms with E-state index in [4.69, 9.17) is 9.47 Å². The van der Waals surface area contributed by atoms with E-state index in [2.05, 4.69) is 4.72 Å². The van der Waals surface area contributed by atoms with Gasteiger partial charge in [-0.15, -0.1) is 11.8 Å². The van der Waals surface area contributed by atoms with Gasteiger partial charge in [0.1, 0.15) is 11.5 Å². The lowest BCUT2D eigenvalue weighted by Gasteiger charge is -2.18. The molecule has 5 nitrogen and oxygen atoms in total. The number of rotatable bonds is 7. The van der Waals surface area contributed by atoms with Crippen molar-refractivity contribution < 1.29 is 17.9 Å². The van der Waals surface area contributed by atoms with Crippen molar-refractivity contribution in [3.63, 3.8) is 0 Å². The normalized spacial score (nSPS) is 12.7. The van der Waals surface area contributed by atoms with Gasteiger partial charge in [0.25, 0.3) is 0 Å². The lowest BCUT2D eigenvalue weighted by atomic mass is 10.1. The van der Waals surface area contributed by atoms with Gasteiger partial charge < -0.3 is 9.47 Å². The van der Waals surface area contributed by atoms with Crippen molar-refractivity contribution in [3.05, 3.63) is 48.0 Å². The molecule has 0 amide bonds. The van der Waals surface area contributed by atoms with Gasteiger partial charge in [-0.25, -0.2) is 13.1 Å². The Morgan fingerprint density at radius 1 is 1.04 bits per heavy atom. The summed E-state index contributed by atoms with van der Waals surface area (Å²) < 4.78 is 38.4. The third kappa shape index (κ3) is 4.23. The van der Waals surface area contributed by atoms with Crippen LogP contribution in [0.4, 0.5) is 0 Å². The Bertz CT molecular complexity index is 789. The summed E-state index contributed by atoms with van der Waals surface area (Å²) in [5.74, 6) is 1.24. The molecule has 0 saturated heterocycles. The molecule has 0 aliphatic carbocycles. The molecule has 2 aromatic rings. The molecule has 1 N–H and O–H groups in total. The van der Waals surface area contributed by atoms with Gasteiger partial charge in [-0.05, 0) is 55.6 Å². The third-order valence-corrected chi connectivity index (χ3v) is 5.91. The topological polar surface area (TPSA) is 64.6 Å². The van der Waals surface area contributed by atoms with Crippen molar-refractivity contribution in [1.29, 1.82) is 0 Å². The fraction of sp³-hybridized carbons (Fsp3) is 0.294. The SMILES string of the molecule is COc1ccc(OC)c(C(C)NS(=O)(=O)c2ccc(SC)cc2)c1. The Labute approximate surface area is 147 Å². The van der Waals surface area contributed by atoms with Crippen LogP contribution in [0.5, 0.6) is 11.5 Å². The van der Waals surface area contributed by atoms with Crippen LogP contribution in [-0.4, -0.2) is 28.9 Å². The molecule has 24 heavy (non-hydrogen) atoms. The smallest absolute Gasteiger partial charge is 0.241 e. The van der Waals surface area contributed by atoms with Crippen molar-refractivity contribution in [3.8, 4) is 11.5 Å². The highest BCUT2D eigenvalue weighted by molar-refractivity contribution is 7.98. The van der Waals surface area contributed by atoms with Crippen LogP contribution < -0.4 is 14.2 Å². The van der Waals surface area contributed by atoms with Crippen LogP contribution in [0.15, 0.2) is 52.3 Å². The van der Waals surface area contributed by atoms with Crippen molar-refractivity contribution in [2.24, 2.45) is 0 Å². The number of ether oxygens (including phenoxy) is 2. The minimum atomic E-state index is -3.63. The molecule has 0 aliphatic rings. The fourth-order valence-corrected chi connectivity index (χ4v) is 3.93. The van der Waals surface area contributed by atoms with Crippen molar-refractivity contribution in [1.82, 2.24) is 4.72 Å². The van der Waals surface area contributed by atoms with E-state index in [0.717, 1.165) is 4.90 Å². The molecule has 0 saturated carbocycles. The molecule has 2 rings (SSSR count). The third-order valence-electron chi connectivity index (χ3n) is 3.61. The lowest BCUT2D eigenvalue weighted by Crippen LogP contribution is -2.27. The Kier molecular flexibility index (Phi) is 6.15. The van der Waals surface area contributed by atoms with Crippen LogP contribution in [0, 0.1) is 0 Å². The van der Waals surface area contributed by atoms with Crippen molar-refractivity contribution in [2.75, 3.05) is 20.5 Å². The summed E-state index contributed by atoms with van der Waals surface area (Å²) in [6, 6.07) is 11.6. The summed E-state index contributed by atoms with van der Waals surface area (Å²) in [5.41, 5.74) is 0.709. The van der Waals surface area contributed by atoms with Gasteiger partial charge in [-0.2, -0.15) is 0 Å². The van der Waals surface area contributed by atoms with E-state index < -0.39 is 16.1 Å². The second-order valence-corrected chi connectivity index (χ2v) is 7.72. The first kappa shape index (κ1) is 18.6. The van der Waals surface area contributed by atoms with Gasteiger partial charge in [-0.3, -0.25) is 0 Å². The number of hydrogen-bond donors (Lipinski definition) is 1. The van der Waals surface area contributed by atoms with Crippen LogP contribution in [0.1, 0.15) is 18.5 Å². The highest BCUT2D eigenvalue weighted by Crippen LogP contribution is 2.30. The van der Waals surface area contributed by atoms with Gasteiger partial charge in [0.15, 0.2) is 0 Å². The average molecular weight is 367 g/mol. The van der Waals surface area contributed by atoms with Gasteiger partial charge in [-0.1, -0.05) is 0 Å². The number of methoxy groups -OCH3 is 2. The second-order valence-electron chi connectivity index (χ2n) is 5.13. The predicted molar refractivity (Wildman–Crippen MR) is 96.5 cm³/mol. The maximum atomic E-state index is 12.6. The van der Waals surface area contributed by atoms with Crippen molar-refractivity contribution >= 4 is 21.8 Å². The number of sulfonamides is 1. The summed E-state index contributed by atoms with van der Waals surface area (Å²) in [4.78, 5) is 1.24. The Morgan fingerprint density at radius 3 is 2.25 bits per heavy atom. The van der Waals surface area contributed by atoms with Gasteiger partial charge in [0.2, 0.25) is 10.0 Å². The van der Waals surface area contributed by atoms with E-state index in [1.807, 2.05) is 6.26 Å². The maximum Gasteiger partial charge on any atom is 0.241 e. The first-order chi connectivity index (χ1) is 11.4. The van der Waals surface area contributed by atoms with Crippen LogP contribution in [-0.2, 0) is 10.0 Å². The van der Waals surface area contributed by atoms with E-state index in [1.165, 1.54) is 0 Å². The molecule has 130 valence electrons. The second kappa shape index (κ2) is 7.92. The minimum Gasteiger partial charge on any atom is -0.497 e. The Morgan fingerprint density at radius 2 is 1.71 bits per heavy atom. The number of thioether (sulfide) groups is 1. The zero-order chi connectivity index (χ0) is 17.7. The highest BCUT2D eigenvalue weighted by Gasteiger charge is 2.21. The fourth-order valence-electron chi connectivity index (χ4n) is 2.30. The molecule has 2 aromatic carbocycles. The molecule has 1 unspecified atom stereocenters. The lowest BCUT2D eigenvalue weighted by molar-refractivity contribution is 0.395. The standard InChI is InChI=1S/C17H21NO4S2/c1-12(16-11-13(21-2)5-10-17(16)22-3)18-24(19,20)15-8-6-14(23-4)7-9-15/h5-12,18H,1-4H3. The monoisotopic (exact) mass is 367 g/mol. The van der Waals surface area contributed by atoms with Crippen molar-refractivity contribution in [2.45, 2.75) is 22.8 Å². The summed E-state index contributed by atoms with van der Waals surface area (Å²) >= 11 is 1.56. The van der Waals surface area contributed by atoms with E-state index >= 15 is 0 Å². The Balaban J connectivity index is 2.28. The van der Waals surface area contributed by atoms with E-state index in [0.29, 0.717) is 17.1 Å². The summed E-state index contributed by atoms with van der Waals surface area (Å²) in [5, 5.41) is 0. The highest BCUT2D eigenvalue weighted by atomic mass is 32.2. The van der Waals surface area contributed by atoms with Gasteiger partial charge in [0, 0.05) is 16.5 Å². The molecule has 0 bridgehead atoms. The molecule has 0 aliphatic heterocycles. The molecular weight excluding hydrogens is 346 g/mol. The molecule has 0 fully saturated rings. The van der Waals surface area contributed by atoms with Crippen LogP contribution in [0.2, 0.25) is 0 Å². The first-order valence-electron chi connectivity index (χ1n) is 7.29. The maximum absolute atomic E-state index is 12.6. The van der Waals surface area contributed by atoms with E-state index in [9.17, 15) is 8.42 Å². The summed E-state index contributed by atoms with van der Waals surface area (Å²) in [6.07, 6.45) is 1.94. The molecule has 0 spiro atoms. The summed E-state index contributed by atoms with van der Waals surface area (Å²) in [6.45, 7) is 1.77.